The fourth-order valence-electron chi connectivity index (χ4n) is 3.13. The van der Waals surface area contributed by atoms with Crippen LogP contribution in [0.2, 0.25) is 0 Å². The van der Waals surface area contributed by atoms with Crippen LogP contribution in [0.1, 0.15) is 11.5 Å². The third-order valence-corrected chi connectivity index (χ3v) is 8.11. The molecular weight excluding hydrogens is 430 g/mol. The molecule has 4 heterocycles. The Morgan fingerprint density at radius 1 is 1.34 bits per heavy atom. The molecule has 0 aliphatic heterocycles. The van der Waals surface area contributed by atoms with E-state index >= 15 is 0 Å². The van der Waals surface area contributed by atoms with E-state index < -0.39 is 10.8 Å². The molecule has 1 atom stereocenters. The lowest BCUT2D eigenvalue weighted by Gasteiger charge is -2.09. The van der Waals surface area contributed by atoms with E-state index in [1.807, 2.05) is 18.4 Å². The van der Waals surface area contributed by atoms with Gasteiger partial charge in [0.05, 0.1) is 34.5 Å². The molecule has 0 spiro atoms. The highest BCUT2D eigenvalue weighted by molar-refractivity contribution is 7.87. The molecule has 0 saturated heterocycles. The van der Waals surface area contributed by atoms with Gasteiger partial charge in [-0.2, -0.15) is 4.73 Å². The second-order valence-electron chi connectivity index (χ2n) is 6.32. The van der Waals surface area contributed by atoms with Gasteiger partial charge in [-0.25, -0.2) is 15.0 Å². The van der Waals surface area contributed by atoms with Gasteiger partial charge in [-0.1, -0.05) is 0 Å². The van der Waals surface area contributed by atoms with Crippen molar-refractivity contribution in [1.29, 1.82) is 0 Å². The normalized spacial score (nSPS) is 12.7. The van der Waals surface area contributed by atoms with Crippen molar-refractivity contribution in [3.05, 3.63) is 29.2 Å². The molecule has 0 fully saturated rings. The predicted molar refractivity (Wildman–Crippen MR) is 116 cm³/mol. The molecule has 29 heavy (non-hydrogen) atoms. The van der Waals surface area contributed by atoms with Crippen LogP contribution in [-0.2, 0) is 15.5 Å². The molecule has 11 heteroatoms. The van der Waals surface area contributed by atoms with Gasteiger partial charge >= 0.3 is 0 Å². The zero-order valence-corrected chi connectivity index (χ0v) is 18.5. The predicted octanol–water partition coefficient (Wildman–Crippen LogP) is 3.47. The lowest BCUT2D eigenvalue weighted by molar-refractivity contribution is 0.183. The maximum absolute atomic E-state index is 12.7. The van der Waals surface area contributed by atoms with Crippen LogP contribution in [0.5, 0.6) is 0 Å². The van der Waals surface area contributed by atoms with Crippen LogP contribution in [0.25, 0.3) is 32.2 Å². The fraction of sp³-hybridized carbons (Fsp3) is 0.278. The summed E-state index contributed by atoms with van der Waals surface area (Å²) >= 11 is 2.76. The number of ether oxygens (including phenoxy) is 1. The smallest absolute Gasteiger partial charge is 0.142 e. The van der Waals surface area contributed by atoms with Crippen molar-refractivity contribution in [2.45, 2.75) is 18.1 Å². The number of nitrogens with two attached hydrogens (primary N) is 1. The highest BCUT2D eigenvalue weighted by Gasteiger charge is 2.24. The summed E-state index contributed by atoms with van der Waals surface area (Å²) < 4.78 is 19.4. The average molecular weight is 450 g/mol. The second kappa shape index (κ2) is 7.82. The number of nitrogens with zero attached hydrogens (tertiary/aromatic N) is 4. The summed E-state index contributed by atoms with van der Waals surface area (Å²) in [5.41, 5.74) is 9.39. The van der Waals surface area contributed by atoms with E-state index in [1.165, 1.54) is 22.7 Å². The molecule has 1 unspecified atom stereocenters. The number of fused-ring (bicyclic) bond motifs is 1. The molecule has 4 aromatic rings. The van der Waals surface area contributed by atoms with Crippen LogP contribution in [0.4, 0.5) is 5.69 Å². The number of thiophene rings is 1. The Morgan fingerprint density at radius 3 is 2.76 bits per heavy atom. The number of hydrogen-bond donors (Lipinski definition) is 2. The van der Waals surface area contributed by atoms with E-state index in [4.69, 9.17) is 15.5 Å². The van der Waals surface area contributed by atoms with E-state index in [1.54, 1.807) is 20.2 Å². The quantitative estimate of drug-likeness (QED) is 0.433. The Morgan fingerprint density at radius 2 is 2.14 bits per heavy atom. The van der Waals surface area contributed by atoms with Crippen molar-refractivity contribution in [3.8, 4) is 22.0 Å². The summed E-state index contributed by atoms with van der Waals surface area (Å²) in [5, 5.41) is 13.9. The molecular formula is C18H19N5O3S3. The summed E-state index contributed by atoms with van der Waals surface area (Å²) in [5.74, 6) is 0.814. The number of pyridine rings is 1. The van der Waals surface area contributed by atoms with Crippen LogP contribution in [0.3, 0.4) is 0 Å². The molecule has 8 nitrogen and oxygen atoms in total. The van der Waals surface area contributed by atoms with Crippen molar-refractivity contribution < 1.29 is 14.2 Å². The Kier molecular flexibility index (Phi) is 5.38. The van der Waals surface area contributed by atoms with Crippen molar-refractivity contribution in [1.82, 2.24) is 19.7 Å². The number of rotatable bonds is 6. The number of hydrogen-bond acceptors (Lipinski definition) is 9. The molecule has 0 aliphatic rings. The SMILES string of the molecule is COCCS(=O)c1sc2nc(-c3nccs3)cc(-c3c(C)nc(C)n3O)c2c1N. The van der Waals surface area contributed by atoms with Crippen molar-refractivity contribution in [3.63, 3.8) is 0 Å². The van der Waals surface area contributed by atoms with Gasteiger partial charge in [0.25, 0.3) is 0 Å². The summed E-state index contributed by atoms with van der Waals surface area (Å²) in [4.78, 5) is 14.1. The molecule has 0 aromatic carbocycles. The summed E-state index contributed by atoms with van der Waals surface area (Å²) in [6.07, 6.45) is 1.71. The van der Waals surface area contributed by atoms with Crippen LogP contribution >= 0.6 is 22.7 Å². The van der Waals surface area contributed by atoms with Crippen LogP contribution in [0, 0.1) is 13.8 Å². The molecule has 0 saturated carbocycles. The van der Waals surface area contributed by atoms with E-state index in [-0.39, 0.29) is 0 Å². The molecule has 4 rings (SSSR count). The lowest BCUT2D eigenvalue weighted by atomic mass is 10.1. The molecule has 3 N–H and O–H groups in total. The molecule has 0 bridgehead atoms. The monoisotopic (exact) mass is 449 g/mol. The fourth-order valence-corrected chi connectivity index (χ4v) is 6.30. The number of nitrogen functional groups attached to an aromatic ring is 1. The molecule has 0 radical (unpaired) electrons. The van der Waals surface area contributed by atoms with Gasteiger partial charge in [0.2, 0.25) is 0 Å². The van der Waals surface area contributed by atoms with Gasteiger partial charge in [-0.3, -0.25) is 4.21 Å². The average Bonchev–Trinajstić information content (AvgIpc) is 3.39. The third-order valence-electron chi connectivity index (χ3n) is 4.44. The number of aryl methyl sites for hydroxylation is 2. The number of aromatic nitrogens is 4. The Labute approximate surface area is 177 Å². The first-order valence-corrected chi connectivity index (χ1v) is 11.7. The van der Waals surface area contributed by atoms with Crippen LogP contribution in [-0.4, -0.2) is 48.6 Å². The van der Waals surface area contributed by atoms with Crippen LogP contribution in [0.15, 0.2) is 21.9 Å². The Bertz CT molecular complexity index is 1210. The zero-order valence-electron chi connectivity index (χ0n) is 16.0. The van der Waals surface area contributed by atoms with E-state index in [2.05, 4.69) is 9.97 Å². The first kappa shape index (κ1) is 20.0. The van der Waals surface area contributed by atoms with Gasteiger partial charge in [0.1, 0.15) is 31.3 Å². The highest BCUT2D eigenvalue weighted by Crippen LogP contribution is 2.43. The summed E-state index contributed by atoms with van der Waals surface area (Å²) in [6, 6.07) is 1.85. The molecule has 152 valence electrons. The minimum Gasteiger partial charge on any atom is -0.427 e. The maximum Gasteiger partial charge on any atom is 0.142 e. The lowest BCUT2D eigenvalue weighted by Crippen LogP contribution is -2.05. The Hall–Kier alpha value is -2.34. The highest BCUT2D eigenvalue weighted by atomic mass is 32.2. The second-order valence-corrected chi connectivity index (χ2v) is 9.98. The van der Waals surface area contributed by atoms with E-state index in [0.29, 0.717) is 60.9 Å². The van der Waals surface area contributed by atoms with Gasteiger partial charge in [0.15, 0.2) is 0 Å². The van der Waals surface area contributed by atoms with Crippen molar-refractivity contribution in [2.24, 2.45) is 0 Å². The van der Waals surface area contributed by atoms with Crippen molar-refractivity contribution in [2.75, 3.05) is 25.2 Å². The van der Waals surface area contributed by atoms with E-state index in [9.17, 15) is 9.42 Å². The number of methoxy groups -OCH3 is 1. The number of imidazole rings is 1. The van der Waals surface area contributed by atoms with Gasteiger partial charge in [-0.15, -0.1) is 22.7 Å². The molecule has 4 aromatic heterocycles. The third kappa shape index (κ3) is 3.44. The molecule has 0 amide bonds. The minimum absolute atomic E-state index is 0.345. The van der Waals surface area contributed by atoms with Gasteiger partial charge in [0, 0.05) is 29.6 Å². The van der Waals surface area contributed by atoms with Crippen LogP contribution < -0.4 is 5.73 Å². The van der Waals surface area contributed by atoms with Gasteiger partial charge < -0.3 is 15.7 Å². The van der Waals surface area contributed by atoms with E-state index in [0.717, 1.165) is 9.74 Å². The maximum atomic E-state index is 12.7. The Balaban J connectivity index is 2.01. The topological polar surface area (TPSA) is 116 Å². The summed E-state index contributed by atoms with van der Waals surface area (Å²) in [6.45, 7) is 3.91. The largest absolute Gasteiger partial charge is 0.427 e. The summed E-state index contributed by atoms with van der Waals surface area (Å²) in [7, 11) is 0.258. The van der Waals surface area contributed by atoms with Gasteiger partial charge in [-0.05, 0) is 19.9 Å². The number of thiazole rings is 1. The first-order valence-electron chi connectivity index (χ1n) is 8.68. The minimum atomic E-state index is -1.31. The van der Waals surface area contributed by atoms with Crippen molar-refractivity contribution >= 4 is 49.4 Å². The first-order chi connectivity index (χ1) is 13.9. The molecule has 0 aliphatic carbocycles. The standard InChI is InChI=1S/C18H19N5O3S3/c1-9-15(23(24)10(2)21-9)11-8-12(16-20-4-6-27-16)22-17-13(11)14(19)18(28-17)29(25)7-5-26-3/h4,6,8,24H,5,7,19H2,1-3H3. The number of anilines is 1. The zero-order chi connectivity index (χ0) is 20.7.